The van der Waals surface area contributed by atoms with Crippen molar-refractivity contribution in [1.29, 1.82) is 0 Å². The Morgan fingerprint density at radius 1 is 1.56 bits per heavy atom. The molecule has 0 radical (unpaired) electrons. The van der Waals surface area contributed by atoms with Crippen molar-refractivity contribution < 1.29 is 9.53 Å². The Balaban J connectivity index is 2.53. The summed E-state index contributed by atoms with van der Waals surface area (Å²) in [5.41, 5.74) is -0.00421. The molecule has 0 saturated carbocycles. The highest BCUT2D eigenvalue weighted by Crippen LogP contribution is 1.89. The highest BCUT2D eigenvalue weighted by molar-refractivity contribution is 5.91. The second-order valence-electron chi connectivity index (χ2n) is 3.28. The molecule has 6 heteroatoms. The van der Waals surface area contributed by atoms with Crippen molar-refractivity contribution in [1.82, 2.24) is 15.1 Å². The topological polar surface area (TPSA) is 73.2 Å². The lowest BCUT2D eigenvalue weighted by atomic mass is 10.3. The molecule has 1 aromatic heterocycles. The first-order chi connectivity index (χ1) is 7.65. The summed E-state index contributed by atoms with van der Waals surface area (Å²) in [6, 6.07) is 2.73. The maximum atomic E-state index is 11.5. The lowest BCUT2D eigenvalue weighted by Crippen LogP contribution is -2.29. The van der Waals surface area contributed by atoms with Gasteiger partial charge in [-0.25, -0.2) is 4.68 Å². The van der Waals surface area contributed by atoms with E-state index in [-0.39, 0.29) is 17.2 Å². The maximum absolute atomic E-state index is 11.5. The highest BCUT2D eigenvalue weighted by Gasteiger charge is 2.07. The van der Waals surface area contributed by atoms with E-state index in [2.05, 4.69) is 10.4 Å². The Labute approximate surface area is 93.2 Å². The van der Waals surface area contributed by atoms with E-state index in [1.165, 1.54) is 19.2 Å². The molecule has 0 atom stereocenters. The molecule has 0 spiro atoms. The van der Waals surface area contributed by atoms with Crippen LogP contribution in [0.1, 0.15) is 16.9 Å². The fourth-order valence-electron chi connectivity index (χ4n) is 1.13. The molecule has 1 heterocycles. The second kappa shape index (κ2) is 6.02. The zero-order valence-corrected chi connectivity index (χ0v) is 9.40. The molecule has 0 unspecified atom stereocenters. The van der Waals surface area contributed by atoms with Crippen LogP contribution in [-0.4, -0.2) is 35.9 Å². The van der Waals surface area contributed by atoms with E-state index in [0.717, 1.165) is 11.1 Å². The number of nitrogens with one attached hydrogen (secondary N) is 1. The molecule has 0 bridgehead atoms. The summed E-state index contributed by atoms with van der Waals surface area (Å²) >= 11 is 0. The summed E-state index contributed by atoms with van der Waals surface area (Å²) in [6.07, 6.45) is 0.744. The van der Waals surface area contributed by atoms with Crippen molar-refractivity contribution in [3.63, 3.8) is 0 Å². The average molecular weight is 225 g/mol. The normalized spacial score (nSPS) is 10.1. The fourth-order valence-corrected chi connectivity index (χ4v) is 1.13. The van der Waals surface area contributed by atoms with Crippen molar-refractivity contribution in [2.45, 2.75) is 6.42 Å². The molecule has 1 rings (SSSR count). The molecular weight excluding hydrogens is 210 g/mol. The summed E-state index contributed by atoms with van der Waals surface area (Å²) in [5.74, 6) is -0.285. The second-order valence-corrected chi connectivity index (χ2v) is 3.28. The molecular formula is C10H15N3O3. The molecule has 0 aliphatic heterocycles. The lowest BCUT2D eigenvalue weighted by Gasteiger charge is -2.04. The van der Waals surface area contributed by atoms with Crippen molar-refractivity contribution >= 4 is 5.91 Å². The number of amides is 1. The first-order valence-electron chi connectivity index (χ1n) is 4.96. The van der Waals surface area contributed by atoms with Crippen LogP contribution in [0.4, 0.5) is 0 Å². The monoisotopic (exact) mass is 225 g/mol. The predicted octanol–water partition coefficient (Wildman–Crippen LogP) is -0.453. The number of hydrogen-bond acceptors (Lipinski definition) is 4. The first kappa shape index (κ1) is 12.4. The van der Waals surface area contributed by atoms with E-state index >= 15 is 0 Å². The first-order valence-corrected chi connectivity index (χ1v) is 4.96. The summed E-state index contributed by atoms with van der Waals surface area (Å²) in [4.78, 5) is 22.6. The van der Waals surface area contributed by atoms with Gasteiger partial charge in [-0.15, -0.1) is 0 Å². The quantitative estimate of drug-likeness (QED) is 0.689. The molecule has 0 saturated heterocycles. The van der Waals surface area contributed by atoms with Crippen molar-refractivity contribution in [3.8, 4) is 0 Å². The number of ether oxygens (including phenoxy) is 1. The van der Waals surface area contributed by atoms with Gasteiger partial charge in [0.25, 0.3) is 11.5 Å². The van der Waals surface area contributed by atoms with Crippen LogP contribution in [0.2, 0.25) is 0 Å². The Morgan fingerprint density at radius 3 is 2.94 bits per heavy atom. The van der Waals surface area contributed by atoms with E-state index in [1.54, 1.807) is 7.11 Å². The van der Waals surface area contributed by atoms with Gasteiger partial charge in [0, 0.05) is 33.4 Å². The van der Waals surface area contributed by atoms with E-state index in [1.807, 2.05) is 0 Å². The number of nitrogens with zero attached hydrogens (tertiary/aromatic N) is 2. The van der Waals surface area contributed by atoms with E-state index in [9.17, 15) is 9.59 Å². The zero-order valence-electron chi connectivity index (χ0n) is 9.40. The van der Waals surface area contributed by atoms with Crippen LogP contribution in [-0.2, 0) is 11.8 Å². The van der Waals surface area contributed by atoms with Crippen LogP contribution in [0.3, 0.4) is 0 Å². The van der Waals surface area contributed by atoms with E-state index in [4.69, 9.17) is 4.74 Å². The van der Waals surface area contributed by atoms with Crippen molar-refractivity contribution in [2.75, 3.05) is 20.3 Å². The molecule has 0 fully saturated rings. The number of rotatable bonds is 5. The molecule has 1 aromatic rings. The number of hydrogen-bond donors (Lipinski definition) is 1. The maximum Gasteiger partial charge on any atom is 0.271 e. The molecule has 1 N–H and O–H groups in total. The van der Waals surface area contributed by atoms with Gasteiger partial charge >= 0.3 is 0 Å². The van der Waals surface area contributed by atoms with Crippen molar-refractivity contribution in [3.05, 3.63) is 28.2 Å². The SMILES string of the molecule is COCCCNC(=O)c1ccc(=O)n(C)n1. The summed E-state index contributed by atoms with van der Waals surface area (Å²) in [5, 5.41) is 6.52. The number of carbonyl (C=O) groups is 1. The van der Waals surface area contributed by atoms with Crippen LogP contribution >= 0.6 is 0 Å². The predicted molar refractivity (Wildman–Crippen MR) is 58.3 cm³/mol. The summed E-state index contributed by atoms with van der Waals surface area (Å²) in [6.45, 7) is 1.12. The molecule has 0 aliphatic carbocycles. The Morgan fingerprint density at radius 2 is 2.31 bits per heavy atom. The molecule has 88 valence electrons. The molecule has 0 aliphatic rings. The number of methoxy groups -OCH3 is 1. The van der Waals surface area contributed by atoms with Crippen LogP contribution < -0.4 is 10.9 Å². The molecule has 6 nitrogen and oxygen atoms in total. The minimum Gasteiger partial charge on any atom is -0.385 e. The number of aryl methyl sites for hydroxylation is 1. The van der Waals surface area contributed by atoms with E-state index < -0.39 is 0 Å². The third-order valence-corrected chi connectivity index (χ3v) is 2.00. The van der Waals surface area contributed by atoms with Gasteiger partial charge in [0.1, 0.15) is 5.69 Å². The summed E-state index contributed by atoms with van der Waals surface area (Å²) in [7, 11) is 3.11. The third-order valence-electron chi connectivity index (χ3n) is 2.00. The van der Waals surface area contributed by atoms with Gasteiger partial charge in [-0.3, -0.25) is 9.59 Å². The Bertz CT molecular complexity index is 414. The minimum atomic E-state index is -0.285. The largest absolute Gasteiger partial charge is 0.385 e. The smallest absolute Gasteiger partial charge is 0.271 e. The Kier molecular flexibility index (Phi) is 4.65. The van der Waals surface area contributed by atoms with E-state index in [0.29, 0.717) is 13.2 Å². The third kappa shape index (κ3) is 3.47. The van der Waals surface area contributed by atoms with Gasteiger partial charge < -0.3 is 10.1 Å². The standard InChI is InChI=1S/C10H15N3O3/c1-13-9(14)5-4-8(12-13)10(15)11-6-3-7-16-2/h4-5H,3,6-7H2,1-2H3,(H,11,15). The van der Waals surface area contributed by atoms with Crippen LogP contribution in [0.25, 0.3) is 0 Å². The number of carbonyl (C=O) groups excluding carboxylic acids is 1. The molecule has 0 aromatic carbocycles. The number of aromatic nitrogens is 2. The van der Waals surface area contributed by atoms with Gasteiger partial charge in [-0.2, -0.15) is 5.10 Å². The average Bonchev–Trinajstić information content (AvgIpc) is 2.28. The van der Waals surface area contributed by atoms with Gasteiger partial charge in [-0.1, -0.05) is 0 Å². The van der Waals surface area contributed by atoms with Crippen LogP contribution in [0, 0.1) is 0 Å². The van der Waals surface area contributed by atoms with Crippen LogP contribution in [0.15, 0.2) is 16.9 Å². The summed E-state index contributed by atoms with van der Waals surface area (Å²) < 4.78 is 5.98. The van der Waals surface area contributed by atoms with Gasteiger partial charge in [0.15, 0.2) is 0 Å². The minimum absolute atomic E-state index is 0.236. The van der Waals surface area contributed by atoms with Gasteiger partial charge in [0.05, 0.1) is 0 Å². The lowest BCUT2D eigenvalue weighted by molar-refractivity contribution is 0.0941. The molecule has 16 heavy (non-hydrogen) atoms. The van der Waals surface area contributed by atoms with Crippen molar-refractivity contribution in [2.24, 2.45) is 7.05 Å². The fraction of sp³-hybridized carbons (Fsp3) is 0.500. The zero-order chi connectivity index (χ0) is 12.0. The highest BCUT2D eigenvalue weighted by atomic mass is 16.5. The molecule has 1 amide bonds. The Hall–Kier alpha value is -1.69. The van der Waals surface area contributed by atoms with Gasteiger partial charge in [-0.05, 0) is 12.5 Å². The van der Waals surface area contributed by atoms with Crippen LogP contribution in [0.5, 0.6) is 0 Å². The van der Waals surface area contributed by atoms with Gasteiger partial charge in [0.2, 0.25) is 0 Å².